The van der Waals surface area contributed by atoms with Crippen molar-refractivity contribution in [1.29, 1.82) is 0 Å². The van der Waals surface area contributed by atoms with E-state index in [0.29, 0.717) is 6.92 Å². The van der Waals surface area contributed by atoms with E-state index in [1.165, 1.54) is 0 Å². The Morgan fingerprint density at radius 3 is 1.18 bits per heavy atom. The molecule has 0 fully saturated rings. The Balaban J connectivity index is 0. The normalized spacial score (nSPS) is 12.7. The fraction of sp³-hybridized carbons (Fsp3) is 1.00. The fourth-order valence-electron chi connectivity index (χ4n) is 0.154. The molecule has 0 saturated heterocycles. The minimum absolute atomic E-state index is 0. The standard InChI is InChI=1S/C2H6O6S2.Na.H/c1-2(9(3,4)5)10(6,7)8;;/h2H,1H3,(H,3,4,5)(H,6,7,8);;. The van der Waals surface area contributed by atoms with Gasteiger partial charge in [-0.1, -0.05) is 0 Å². The van der Waals surface area contributed by atoms with Crippen molar-refractivity contribution in [2.45, 2.75) is 11.5 Å². The molecule has 0 aliphatic carbocycles. The molecule has 2 N–H and O–H groups in total. The Morgan fingerprint density at radius 1 is 1.00 bits per heavy atom. The molecule has 0 heterocycles. The SMILES string of the molecule is CC(S(=O)(=O)O)S(=O)(=O)O.[NaH]. The van der Waals surface area contributed by atoms with Gasteiger partial charge in [0.2, 0.25) is 4.58 Å². The van der Waals surface area contributed by atoms with Crippen LogP contribution in [0.15, 0.2) is 0 Å². The average Bonchev–Trinajstić information content (AvgIpc) is 1.59. The molecule has 0 radical (unpaired) electrons. The molecule has 0 amide bonds. The van der Waals surface area contributed by atoms with Gasteiger partial charge in [-0.15, -0.1) is 0 Å². The van der Waals surface area contributed by atoms with Crippen LogP contribution >= 0.6 is 0 Å². The van der Waals surface area contributed by atoms with Crippen LogP contribution in [0, 0.1) is 0 Å². The van der Waals surface area contributed by atoms with Crippen molar-refractivity contribution in [1.82, 2.24) is 0 Å². The first-order chi connectivity index (χ1) is 4.15. The summed E-state index contributed by atoms with van der Waals surface area (Å²) in [6, 6.07) is 0. The molecule has 9 heteroatoms. The molecule has 0 aromatic rings. The first-order valence-corrected chi connectivity index (χ1v) is 5.09. The Kier molecular flexibility index (Phi) is 5.44. The first-order valence-electron chi connectivity index (χ1n) is 2.08. The fourth-order valence-corrected chi connectivity index (χ4v) is 1.38. The number of hydrogen-bond donors (Lipinski definition) is 2. The molecule has 0 unspecified atom stereocenters. The van der Waals surface area contributed by atoms with Crippen LogP contribution in [0.4, 0.5) is 0 Å². The molecule has 0 saturated carbocycles. The van der Waals surface area contributed by atoms with Gasteiger partial charge < -0.3 is 0 Å². The molecule has 0 bridgehead atoms. The summed E-state index contributed by atoms with van der Waals surface area (Å²) in [5.74, 6) is 0. The van der Waals surface area contributed by atoms with Crippen molar-refractivity contribution >= 4 is 49.8 Å². The second kappa shape index (κ2) is 4.17. The number of hydrogen-bond acceptors (Lipinski definition) is 4. The van der Waals surface area contributed by atoms with E-state index in [-0.39, 0.29) is 29.6 Å². The van der Waals surface area contributed by atoms with E-state index in [4.69, 9.17) is 9.11 Å². The van der Waals surface area contributed by atoms with Gasteiger partial charge in [0.25, 0.3) is 20.2 Å². The predicted molar refractivity (Wildman–Crippen MR) is 39.7 cm³/mol. The quantitative estimate of drug-likeness (QED) is 0.426. The minimum atomic E-state index is -4.70. The molecule has 0 aromatic heterocycles. The van der Waals surface area contributed by atoms with Gasteiger partial charge in [-0.2, -0.15) is 16.8 Å². The van der Waals surface area contributed by atoms with Gasteiger partial charge in [-0.25, -0.2) is 0 Å². The molecule has 0 aliphatic rings. The van der Waals surface area contributed by atoms with Crippen LogP contribution in [-0.4, -0.2) is 60.1 Å². The zero-order valence-electron chi connectivity index (χ0n) is 4.92. The van der Waals surface area contributed by atoms with E-state index in [0.717, 1.165) is 0 Å². The van der Waals surface area contributed by atoms with Gasteiger partial charge in [0, 0.05) is 0 Å². The van der Waals surface area contributed by atoms with E-state index in [9.17, 15) is 16.8 Å². The van der Waals surface area contributed by atoms with Crippen molar-refractivity contribution in [2.24, 2.45) is 0 Å². The molecule has 0 aromatic carbocycles. The summed E-state index contributed by atoms with van der Waals surface area (Å²) in [4.78, 5) is 0. The summed E-state index contributed by atoms with van der Waals surface area (Å²) in [5, 5.41) is 0. The van der Waals surface area contributed by atoms with Gasteiger partial charge in [0.1, 0.15) is 0 Å². The third-order valence-electron chi connectivity index (χ3n) is 0.839. The van der Waals surface area contributed by atoms with Crippen LogP contribution in [0.5, 0.6) is 0 Å². The van der Waals surface area contributed by atoms with Crippen LogP contribution in [0.3, 0.4) is 0 Å². The Bertz CT molecular complexity index is 267. The maximum atomic E-state index is 9.99. The molecule has 0 aliphatic heterocycles. The van der Waals surface area contributed by atoms with E-state index in [2.05, 4.69) is 0 Å². The Morgan fingerprint density at radius 2 is 1.18 bits per heavy atom. The summed E-state index contributed by atoms with van der Waals surface area (Å²) >= 11 is 0. The second-order valence-corrected chi connectivity index (χ2v) is 5.37. The van der Waals surface area contributed by atoms with Crippen LogP contribution in [0.2, 0.25) is 0 Å². The summed E-state index contributed by atoms with van der Waals surface area (Å²) in [5.41, 5.74) is 0. The molecular weight excluding hydrogens is 207 g/mol. The van der Waals surface area contributed by atoms with Gasteiger partial charge in [-0.3, -0.25) is 9.11 Å². The molecule has 0 rings (SSSR count). The summed E-state index contributed by atoms with van der Waals surface area (Å²) in [7, 11) is -9.40. The zero-order chi connectivity index (χ0) is 8.58. The van der Waals surface area contributed by atoms with Gasteiger partial charge in [0.15, 0.2) is 0 Å². The molecule has 6 nitrogen and oxygen atoms in total. The van der Waals surface area contributed by atoms with E-state index < -0.39 is 24.8 Å². The van der Waals surface area contributed by atoms with Gasteiger partial charge in [-0.05, 0) is 6.92 Å². The monoisotopic (exact) mass is 214 g/mol. The molecule has 0 spiro atoms. The van der Waals surface area contributed by atoms with Crippen LogP contribution < -0.4 is 0 Å². The van der Waals surface area contributed by atoms with Crippen molar-refractivity contribution in [2.75, 3.05) is 0 Å². The maximum absolute atomic E-state index is 9.99. The van der Waals surface area contributed by atoms with Crippen molar-refractivity contribution in [3.63, 3.8) is 0 Å². The molecular formula is C2H7NaO6S2. The third-order valence-corrected chi connectivity index (χ3v) is 3.98. The third kappa shape index (κ3) is 5.12. The van der Waals surface area contributed by atoms with E-state index in [1.807, 2.05) is 0 Å². The first kappa shape index (κ1) is 14.3. The van der Waals surface area contributed by atoms with Crippen LogP contribution in [0.25, 0.3) is 0 Å². The van der Waals surface area contributed by atoms with Crippen LogP contribution in [0.1, 0.15) is 6.92 Å². The summed E-state index contributed by atoms with van der Waals surface area (Å²) in [6.07, 6.45) is 0. The van der Waals surface area contributed by atoms with E-state index in [1.54, 1.807) is 0 Å². The second-order valence-electron chi connectivity index (χ2n) is 1.60. The Labute approximate surface area is 86.8 Å². The average molecular weight is 214 g/mol. The van der Waals surface area contributed by atoms with Crippen LogP contribution in [-0.2, 0) is 20.2 Å². The summed E-state index contributed by atoms with van der Waals surface area (Å²) in [6.45, 7) is 0.657. The van der Waals surface area contributed by atoms with Crippen molar-refractivity contribution in [3.05, 3.63) is 0 Å². The molecule has 0 atom stereocenters. The van der Waals surface area contributed by atoms with Crippen molar-refractivity contribution < 1.29 is 25.9 Å². The van der Waals surface area contributed by atoms with Crippen molar-refractivity contribution in [3.8, 4) is 0 Å². The van der Waals surface area contributed by atoms with Gasteiger partial charge in [0.05, 0.1) is 0 Å². The number of rotatable bonds is 2. The Hall–Kier alpha value is 0.820. The zero-order valence-corrected chi connectivity index (χ0v) is 6.55. The van der Waals surface area contributed by atoms with Gasteiger partial charge >= 0.3 is 29.6 Å². The topological polar surface area (TPSA) is 109 Å². The summed E-state index contributed by atoms with van der Waals surface area (Å²) < 4.78 is 53.9. The molecule has 64 valence electrons. The predicted octanol–water partition coefficient (Wildman–Crippen LogP) is -1.54. The molecule has 11 heavy (non-hydrogen) atoms. The van der Waals surface area contributed by atoms with E-state index >= 15 is 0 Å².